The molecule has 0 aliphatic carbocycles. The summed E-state index contributed by atoms with van der Waals surface area (Å²) in [4.78, 5) is 0. The van der Waals surface area contributed by atoms with Gasteiger partial charge < -0.3 is 8.83 Å². The van der Waals surface area contributed by atoms with E-state index in [1.165, 1.54) is 5.56 Å². The van der Waals surface area contributed by atoms with Gasteiger partial charge in [0.05, 0.1) is 0 Å². The van der Waals surface area contributed by atoms with Gasteiger partial charge in [-0.2, -0.15) is 0 Å². The predicted octanol–water partition coefficient (Wildman–Crippen LogP) is 5.43. The second kappa shape index (κ2) is 7.16. The van der Waals surface area contributed by atoms with Gasteiger partial charge in [-0.05, 0) is 55.5 Å². The highest BCUT2D eigenvalue weighted by molar-refractivity contribution is 5.63. The minimum atomic E-state index is 0.460. The lowest BCUT2D eigenvalue weighted by Crippen LogP contribution is -1.81. The van der Waals surface area contributed by atoms with Crippen LogP contribution < -0.4 is 0 Å². The lowest BCUT2D eigenvalue weighted by Gasteiger charge is -1.98. The Bertz CT molecular complexity index is 1240. The van der Waals surface area contributed by atoms with Crippen LogP contribution in [0.15, 0.2) is 87.7 Å². The lowest BCUT2D eigenvalue weighted by molar-refractivity contribution is 0.582. The predicted molar refractivity (Wildman–Crippen MR) is 109 cm³/mol. The molecule has 6 heteroatoms. The maximum absolute atomic E-state index is 5.83. The van der Waals surface area contributed by atoms with Crippen LogP contribution in [0.3, 0.4) is 0 Å². The average molecular weight is 380 g/mol. The van der Waals surface area contributed by atoms with Crippen molar-refractivity contribution in [1.29, 1.82) is 0 Å². The largest absolute Gasteiger partial charge is 0.416 e. The zero-order valence-corrected chi connectivity index (χ0v) is 15.6. The van der Waals surface area contributed by atoms with Crippen molar-refractivity contribution >= 4 is 0 Å². The molecule has 0 unspecified atom stereocenters. The van der Waals surface area contributed by atoms with Gasteiger partial charge in [-0.1, -0.05) is 35.9 Å². The summed E-state index contributed by atoms with van der Waals surface area (Å²) < 4.78 is 11.6. The highest BCUT2D eigenvalue weighted by Crippen LogP contribution is 2.28. The molecular weight excluding hydrogens is 364 g/mol. The van der Waals surface area contributed by atoms with Gasteiger partial charge in [0, 0.05) is 22.3 Å². The third-order valence-corrected chi connectivity index (χ3v) is 4.55. The maximum atomic E-state index is 5.83. The van der Waals surface area contributed by atoms with Gasteiger partial charge in [-0.15, -0.1) is 20.4 Å². The first-order chi connectivity index (χ1) is 14.3. The fourth-order valence-electron chi connectivity index (χ4n) is 2.95. The van der Waals surface area contributed by atoms with Crippen molar-refractivity contribution in [2.75, 3.05) is 0 Å². The molecule has 0 aliphatic heterocycles. The van der Waals surface area contributed by atoms with E-state index < -0.39 is 0 Å². The van der Waals surface area contributed by atoms with E-state index in [-0.39, 0.29) is 0 Å². The second-order valence-electron chi connectivity index (χ2n) is 6.63. The van der Waals surface area contributed by atoms with Gasteiger partial charge in [0.2, 0.25) is 23.6 Å². The summed E-state index contributed by atoms with van der Waals surface area (Å²) in [6.07, 6.45) is 0. The normalized spacial score (nSPS) is 10.9. The Kier molecular flexibility index (Phi) is 4.22. The first-order valence-electron chi connectivity index (χ1n) is 9.16. The summed E-state index contributed by atoms with van der Waals surface area (Å²) >= 11 is 0. The fourth-order valence-corrected chi connectivity index (χ4v) is 2.95. The number of rotatable bonds is 4. The summed E-state index contributed by atoms with van der Waals surface area (Å²) in [5.74, 6) is 1.90. The summed E-state index contributed by atoms with van der Waals surface area (Å²) in [6.45, 7) is 2.04. The number of aryl methyl sites for hydroxylation is 1. The molecule has 0 spiro atoms. The van der Waals surface area contributed by atoms with Crippen LogP contribution >= 0.6 is 0 Å². The van der Waals surface area contributed by atoms with Gasteiger partial charge in [0.15, 0.2) is 0 Å². The maximum Gasteiger partial charge on any atom is 0.248 e. The standard InChI is InChI=1S/C23H16N4O2/c1-15-7-9-17(10-8-15)21-25-27-23(29-21)19-13-11-18(12-14-19)22-26-24-20(28-22)16-5-3-2-4-6-16/h2-14H,1H3. The molecule has 0 amide bonds. The topological polar surface area (TPSA) is 77.8 Å². The SMILES string of the molecule is Cc1ccc(-c2nnc(-c3ccc(-c4nnc(-c5ccccc5)o4)cc3)o2)cc1. The molecule has 6 nitrogen and oxygen atoms in total. The summed E-state index contributed by atoms with van der Waals surface area (Å²) in [6, 6.07) is 25.2. The molecule has 0 saturated carbocycles. The molecule has 0 atom stereocenters. The molecule has 3 aromatic carbocycles. The van der Waals surface area contributed by atoms with Crippen LogP contribution in [-0.4, -0.2) is 20.4 Å². The van der Waals surface area contributed by atoms with E-state index >= 15 is 0 Å². The Balaban J connectivity index is 1.38. The zero-order chi connectivity index (χ0) is 19.6. The fraction of sp³-hybridized carbons (Fsp3) is 0.0435. The first-order valence-corrected chi connectivity index (χ1v) is 9.16. The molecule has 29 heavy (non-hydrogen) atoms. The Morgan fingerprint density at radius 1 is 0.448 bits per heavy atom. The van der Waals surface area contributed by atoms with E-state index in [9.17, 15) is 0 Å². The zero-order valence-electron chi connectivity index (χ0n) is 15.6. The van der Waals surface area contributed by atoms with Crippen molar-refractivity contribution < 1.29 is 8.83 Å². The minimum Gasteiger partial charge on any atom is -0.416 e. The number of benzene rings is 3. The van der Waals surface area contributed by atoms with Crippen LogP contribution in [-0.2, 0) is 0 Å². The number of nitrogens with zero attached hydrogens (tertiary/aromatic N) is 4. The molecule has 2 aromatic heterocycles. The Morgan fingerprint density at radius 3 is 1.21 bits per heavy atom. The summed E-state index contributed by atoms with van der Waals surface area (Å²) in [7, 11) is 0. The van der Waals surface area contributed by atoms with Crippen molar-refractivity contribution in [2.45, 2.75) is 6.92 Å². The van der Waals surface area contributed by atoms with Gasteiger partial charge in [0.1, 0.15) is 0 Å². The second-order valence-corrected chi connectivity index (χ2v) is 6.63. The smallest absolute Gasteiger partial charge is 0.248 e. The quantitative estimate of drug-likeness (QED) is 0.414. The van der Waals surface area contributed by atoms with Crippen LogP contribution in [0.25, 0.3) is 45.8 Å². The minimum absolute atomic E-state index is 0.460. The number of hydrogen-bond donors (Lipinski definition) is 0. The molecule has 5 aromatic rings. The van der Waals surface area contributed by atoms with Gasteiger partial charge >= 0.3 is 0 Å². The summed E-state index contributed by atoms with van der Waals surface area (Å²) in [5, 5.41) is 16.6. The van der Waals surface area contributed by atoms with E-state index in [0.29, 0.717) is 23.6 Å². The lowest BCUT2D eigenvalue weighted by atomic mass is 10.1. The van der Waals surface area contributed by atoms with E-state index in [1.807, 2.05) is 85.8 Å². The molecular formula is C23H16N4O2. The highest BCUT2D eigenvalue weighted by Gasteiger charge is 2.13. The van der Waals surface area contributed by atoms with Crippen molar-refractivity contribution in [3.05, 3.63) is 84.4 Å². The first kappa shape index (κ1) is 17.1. The molecule has 140 valence electrons. The molecule has 2 heterocycles. The van der Waals surface area contributed by atoms with Crippen molar-refractivity contribution in [3.63, 3.8) is 0 Å². The van der Waals surface area contributed by atoms with E-state index in [4.69, 9.17) is 8.83 Å². The number of aromatic nitrogens is 4. The molecule has 0 saturated heterocycles. The van der Waals surface area contributed by atoms with Crippen LogP contribution in [0.5, 0.6) is 0 Å². The van der Waals surface area contributed by atoms with E-state index in [2.05, 4.69) is 20.4 Å². The van der Waals surface area contributed by atoms with Gasteiger partial charge in [-0.25, -0.2) is 0 Å². The Hall–Kier alpha value is -4.06. The highest BCUT2D eigenvalue weighted by atomic mass is 16.4. The molecule has 0 N–H and O–H groups in total. The third-order valence-electron chi connectivity index (χ3n) is 4.55. The summed E-state index contributed by atoms with van der Waals surface area (Å²) in [5.41, 5.74) is 4.60. The van der Waals surface area contributed by atoms with E-state index in [1.54, 1.807) is 0 Å². The average Bonchev–Trinajstić information content (AvgIpc) is 3.46. The number of hydrogen-bond acceptors (Lipinski definition) is 6. The monoisotopic (exact) mass is 380 g/mol. The van der Waals surface area contributed by atoms with Crippen molar-refractivity contribution in [2.24, 2.45) is 0 Å². The molecule has 0 aliphatic rings. The van der Waals surface area contributed by atoms with Crippen molar-refractivity contribution in [1.82, 2.24) is 20.4 Å². The van der Waals surface area contributed by atoms with Crippen LogP contribution in [0.1, 0.15) is 5.56 Å². The van der Waals surface area contributed by atoms with Gasteiger partial charge in [-0.3, -0.25) is 0 Å². The van der Waals surface area contributed by atoms with E-state index in [0.717, 1.165) is 22.3 Å². The third kappa shape index (κ3) is 3.43. The Morgan fingerprint density at radius 2 is 0.793 bits per heavy atom. The Labute approximate surface area is 166 Å². The van der Waals surface area contributed by atoms with Crippen LogP contribution in [0.4, 0.5) is 0 Å². The van der Waals surface area contributed by atoms with Gasteiger partial charge in [0.25, 0.3) is 0 Å². The molecule has 5 rings (SSSR count). The molecule has 0 radical (unpaired) electrons. The molecule has 0 bridgehead atoms. The van der Waals surface area contributed by atoms with Crippen molar-refractivity contribution in [3.8, 4) is 45.8 Å². The van der Waals surface area contributed by atoms with Crippen LogP contribution in [0, 0.1) is 6.92 Å². The van der Waals surface area contributed by atoms with Crippen LogP contribution in [0.2, 0.25) is 0 Å². The molecule has 0 fully saturated rings.